The van der Waals surface area contributed by atoms with Crippen molar-refractivity contribution in [1.29, 1.82) is 0 Å². The average molecular weight is 258 g/mol. The number of primary sulfonamides is 1. The molecule has 94 valence electrons. The minimum atomic E-state index is -3.81. The number of hydrogen-bond acceptors (Lipinski definition) is 5. The zero-order valence-corrected chi connectivity index (χ0v) is 10.4. The van der Waals surface area contributed by atoms with E-state index in [1.807, 2.05) is 0 Å². The number of ether oxygens (including phenoxy) is 1. The number of sulfonamides is 1. The summed E-state index contributed by atoms with van der Waals surface area (Å²) in [5, 5.41) is 5.09. The van der Waals surface area contributed by atoms with Crippen LogP contribution in [0.15, 0.2) is 29.2 Å². The largest absolute Gasteiger partial charge is 0.468 e. The van der Waals surface area contributed by atoms with Crippen LogP contribution in [-0.2, 0) is 19.6 Å². The maximum Gasteiger partial charge on any atom is 0.325 e. The Labute approximate surface area is 100 Å². The number of anilines is 1. The number of nitrogens with zero attached hydrogens (tertiary/aromatic N) is 1. The molecule has 0 atom stereocenters. The van der Waals surface area contributed by atoms with E-state index in [0.29, 0.717) is 5.69 Å². The van der Waals surface area contributed by atoms with Crippen molar-refractivity contribution in [1.82, 2.24) is 0 Å². The topological polar surface area (TPSA) is 89.7 Å². The fraction of sp³-hybridized carbons (Fsp3) is 0.300. The monoisotopic (exact) mass is 258 g/mol. The molecule has 0 bridgehead atoms. The number of para-hydroxylation sites is 1. The Kier molecular flexibility index (Phi) is 4.08. The van der Waals surface area contributed by atoms with Crippen LogP contribution in [0.25, 0.3) is 0 Å². The van der Waals surface area contributed by atoms with Crippen molar-refractivity contribution in [3.8, 4) is 0 Å². The van der Waals surface area contributed by atoms with Crippen molar-refractivity contribution in [3.05, 3.63) is 24.3 Å². The first-order chi connectivity index (χ1) is 7.86. The number of hydrogen-bond donors (Lipinski definition) is 1. The highest BCUT2D eigenvalue weighted by Gasteiger charge is 2.17. The van der Waals surface area contributed by atoms with E-state index in [4.69, 9.17) is 5.14 Å². The van der Waals surface area contributed by atoms with Crippen molar-refractivity contribution >= 4 is 21.7 Å². The molecule has 0 radical (unpaired) electrons. The summed E-state index contributed by atoms with van der Waals surface area (Å²) < 4.78 is 27.2. The highest BCUT2D eigenvalue weighted by molar-refractivity contribution is 7.89. The van der Waals surface area contributed by atoms with Crippen LogP contribution >= 0.6 is 0 Å². The second-order valence-electron chi connectivity index (χ2n) is 3.44. The van der Waals surface area contributed by atoms with Crippen LogP contribution in [0.4, 0.5) is 5.69 Å². The van der Waals surface area contributed by atoms with E-state index in [2.05, 4.69) is 4.74 Å². The standard InChI is InChI=1S/C10H14N2O4S/c1-12(7-10(13)16-2)8-5-3-4-6-9(8)17(11,14)15/h3-6H,7H2,1-2H3,(H2,11,14,15). The molecule has 0 aliphatic carbocycles. The third-order valence-corrected chi connectivity index (χ3v) is 3.14. The first-order valence-corrected chi connectivity index (χ1v) is 6.30. The molecular weight excluding hydrogens is 244 g/mol. The molecule has 0 spiro atoms. The lowest BCUT2D eigenvalue weighted by molar-refractivity contribution is -0.138. The van der Waals surface area contributed by atoms with Crippen molar-refractivity contribution in [2.24, 2.45) is 5.14 Å². The van der Waals surface area contributed by atoms with E-state index in [1.54, 1.807) is 25.2 Å². The number of methoxy groups -OCH3 is 1. The van der Waals surface area contributed by atoms with Crippen LogP contribution in [0, 0.1) is 0 Å². The number of carbonyl (C=O) groups is 1. The van der Waals surface area contributed by atoms with Gasteiger partial charge in [-0.15, -0.1) is 0 Å². The Balaban J connectivity index is 3.10. The fourth-order valence-corrected chi connectivity index (χ4v) is 2.14. The second kappa shape index (κ2) is 5.15. The van der Waals surface area contributed by atoms with Gasteiger partial charge in [-0.25, -0.2) is 13.6 Å². The average Bonchev–Trinajstić information content (AvgIpc) is 2.27. The van der Waals surface area contributed by atoms with Gasteiger partial charge in [0.1, 0.15) is 11.4 Å². The van der Waals surface area contributed by atoms with E-state index < -0.39 is 16.0 Å². The predicted octanol–water partition coefficient (Wildman–Crippen LogP) is -0.0568. The number of carbonyl (C=O) groups excluding carboxylic acids is 1. The van der Waals surface area contributed by atoms with Crippen LogP contribution in [0.3, 0.4) is 0 Å². The molecule has 0 saturated heterocycles. The van der Waals surface area contributed by atoms with Gasteiger partial charge in [-0.1, -0.05) is 12.1 Å². The quantitative estimate of drug-likeness (QED) is 0.764. The molecule has 1 aromatic carbocycles. The predicted molar refractivity (Wildman–Crippen MR) is 63.1 cm³/mol. The summed E-state index contributed by atoms with van der Waals surface area (Å²) >= 11 is 0. The first kappa shape index (κ1) is 13.5. The molecule has 0 unspecified atom stereocenters. The van der Waals surface area contributed by atoms with Crippen molar-refractivity contribution < 1.29 is 17.9 Å². The van der Waals surface area contributed by atoms with Gasteiger partial charge in [-0.3, -0.25) is 4.79 Å². The van der Waals surface area contributed by atoms with Gasteiger partial charge in [0.05, 0.1) is 12.8 Å². The molecular formula is C10H14N2O4S. The second-order valence-corrected chi connectivity index (χ2v) is 4.97. The zero-order valence-electron chi connectivity index (χ0n) is 9.58. The molecule has 0 aliphatic rings. The molecule has 0 saturated carbocycles. The van der Waals surface area contributed by atoms with Gasteiger partial charge >= 0.3 is 5.97 Å². The molecule has 2 N–H and O–H groups in total. The number of esters is 1. The molecule has 0 heterocycles. The van der Waals surface area contributed by atoms with Crippen molar-refractivity contribution in [3.63, 3.8) is 0 Å². The lowest BCUT2D eigenvalue weighted by atomic mass is 10.3. The molecule has 1 rings (SSSR count). The number of likely N-dealkylation sites (N-methyl/N-ethyl adjacent to an activating group) is 1. The normalized spacial score (nSPS) is 11.0. The first-order valence-electron chi connectivity index (χ1n) is 4.76. The molecule has 6 nitrogen and oxygen atoms in total. The Morgan fingerprint density at radius 1 is 1.41 bits per heavy atom. The van der Waals surface area contributed by atoms with Gasteiger partial charge in [0.2, 0.25) is 10.0 Å². The van der Waals surface area contributed by atoms with Gasteiger partial charge in [0.25, 0.3) is 0 Å². The van der Waals surface area contributed by atoms with Crippen LogP contribution in [0.1, 0.15) is 0 Å². The van der Waals surface area contributed by atoms with Gasteiger partial charge in [0, 0.05) is 7.05 Å². The highest BCUT2D eigenvalue weighted by Crippen LogP contribution is 2.22. The summed E-state index contributed by atoms with van der Waals surface area (Å²) in [6.07, 6.45) is 0. The Hall–Kier alpha value is -1.60. The summed E-state index contributed by atoms with van der Waals surface area (Å²) in [7, 11) is -0.965. The van der Waals surface area contributed by atoms with Gasteiger partial charge in [-0.05, 0) is 12.1 Å². The maximum atomic E-state index is 11.3. The van der Waals surface area contributed by atoms with Crippen LogP contribution in [0.5, 0.6) is 0 Å². The molecule has 0 aromatic heterocycles. The summed E-state index contributed by atoms with van der Waals surface area (Å²) in [5.41, 5.74) is 0.361. The molecule has 17 heavy (non-hydrogen) atoms. The Bertz CT molecular complexity index is 513. The molecule has 7 heteroatoms. The van der Waals surface area contributed by atoms with E-state index in [0.717, 1.165) is 0 Å². The SMILES string of the molecule is COC(=O)CN(C)c1ccccc1S(N)(=O)=O. The number of rotatable bonds is 4. The van der Waals surface area contributed by atoms with Crippen LogP contribution < -0.4 is 10.0 Å². The van der Waals surface area contributed by atoms with E-state index >= 15 is 0 Å². The summed E-state index contributed by atoms with van der Waals surface area (Å²) in [4.78, 5) is 12.6. The summed E-state index contributed by atoms with van der Waals surface area (Å²) in [5.74, 6) is -0.461. The Morgan fingerprint density at radius 3 is 2.53 bits per heavy atom. The Morgan fingerprint density at radius 2 is 2.00 bits per heavy atom. The summed E-state index contributed by atoms with van der Waals surface area (Å²) in [6.45, 7) is -0.0525. The van der Waals surface area contributed by atoms with Crippen molar-refractivity contribution in [2.75, 3.05) is 25.6 Å². The highest BCUT2D eigenvalue weighted by atomic mass is 32.2. The van der Waals surface area contributed by atoms with E-state index in [1.165, 1.54) is 18.1 Å². The third-order valence-electron chi connectivity index (χ3n) is 2.18. The van der Waals surface area contributed by atoms with Crippen molar-refractivity contribution in [2.45, 2.75) is 4.90 Å². The lowest BCUT2D eigenvalue weighted by Crippen LogP contribution is -2.28. The van der Waals surface area contributed by atoms with Crippen LogP contribution in [-0.4, -0.2) is 35.1 Å². The molecule has 0 aliphatic heterocycles. The van der Waals surface area contributed by atoms with E-state index in [9.17, 15) is 13.2 Å². The lowest BCUT2D eigenvalue weighted by Gasteiger charge is -2.20. The minimum absolute atomic E-state index is 0.0218. The number of nitrogens with two attached hydrogens (primary N) is 1. The maximum absolute atomic E-state index is 11.3. The third kappa shape index (κ3) is 3.43. The van der Waals surface area contributed by atoms with Gasteiger partial charge in [0.15, 0.2) is 0 Å². The molecule has 1 aromatic rings. The number of benzene rings is 1. The zero-order chi connectivity index (χ0) is 13.1. The molecule has 0 amide bonds. The van der Waals surface area contributed by atoms with Gasteiger partial charge < -0.3 is 9.64 Å². The van der Waals surface area contributed by atoms with Crippen LogP contribution in [0.2, 0.25) is 0 Å². The van der Waals surface area contributed by atoms with E-state index in [-0.39, 0.29) is 11.4 Å². The smallest absolute Gasteiger partial charge is 0.325 e. The molecule has 0 fully saturated rings. The van der Waals surface area contributed by atoms with Gasteiger partial charge in [-0.2, -0.15) is 0 Å². The summed E-state index contributed by atoms with van der Waals surface area (Å²) in [6, 6.07) is 6.19. The minimum Gasteiger partial charge on any atom is -0.468 e. The fourth-order valence-electron chi connectivity index (χ4n) is 1.36.